The molecular weight excluding hydrogens is 242 g/mol. The molecule has 2 heterocycles. The van der Waals surface area contributed by atoms with Crippen molar-refractivity contribution in [3.63, 3.8) is 0 Å². The minimum atomic E-state index is 0.645. The molecule has 1 aromatic heterocycles. The summed E-state index contributed by atoms with van der Waals surface area (Å²) in [4.78, 5) is 0. The molecular formula is C14H17N3S. The molecule has 0 aliphatic carbocycles. The zero-order valence-electron chi connectivity index (χ0n) is 10.2. The Balaban J connectivity index is 1.91. The van der Waals surface area contributed by atoms with Crippen molar-refractivity contribution in [2.45, 2.75) is 18.8 Å². The lowest BCUT2D eigenvalue weighted by atomic mass is 9.91. The fraction of sp³-hybridized carbons (Fsp3) is 0.357. The minimum Gasteiger partial charge on any atom is -0.384 e. The molecule has 1 aromatic carbocycles. The van der Waals surface area contributed by atoms with Gasteiger partial charge in [0.1, 0.15) is 5.82 Å². The number of thioether (sulfide) groups is 1. The van der Waals surface area contributed by atoms with E-state index in [-0.39, 0.29) is 0 Å². The molecule has 0 bridgehead atoms. The van der Waals surface area contributed by atoms with Crippen LogP contribution in [0.25, 0.3) is 11.1 Å². The van der Waals surface area contributed by atoms with Gasteiger partial charge < -0.3 is 5.73 Å². The molecule has 1 aliphatic heterocycles. The zero-order valence-corrected chi connectivity index (χ0v) is 11.0. The summed E-state index contributed by atoms with van der Waals surface area (Å²) in [6.07, 6.45) is 4.37. The van der Waals surface area contributed by atoms with Crippen LogP contribution in [0.15, 0.2) is 30.5 Å². The number of nitrogens with one attached hydrogen (secondary N) is 1. The quantitative estimate of drug-likeness (QED) is 0.870. The number of benzene rings is 1. The maximum atomic E-state index is 5.88. The third-order valence-electron chi connectivity index (χ3n) is 3.56. The van der Waals surface area contributed by atoms with Crippen LogP contribution in [0.4, 0.5) is 5.82 Å². The summed E-state index contributed by atoms with van der Waals surface area (Å²) in [7, 11) is 0. The first kappa shape index (κ1) is 11.7. The number of H-pyrrole nitrogens is 1. The lowest BCUT2D eigenvalue weighted by Gasteiger charge is -2.22. The fourth-order valence-corrected chi connectivity index (χ4v) is 3.62. The fourth-order valence-electron chi connectivity index (χ4n) is 2.52. The molecule has 0 radical (unpaired) electrons. The van der Waals surface area contributed by atoms with E-state index in [4.69, 9.17) is 5.73 Å². The molecule has 94 valence electrons. The first-order valence-electron chi connectivity index (χ1n) is 6.31. The van der Waals surface area contributed by atoms with Crippen molar-refractivity contribution in [1.82, 2.24) is 10.2 Å². The molecule has 3 N–H and O–H groups in total. The molecule has 18 heavy (non-hydrogen) atoms. The molecule has 1 aliphatic rings. The Hall–Kier alpha value is -1.42. The molecule has 1 fully saturated rings. The van der Waals surface area contributed by atoms with E-state index in [1.54, 1.807) is 6.20 Å². The van der Waals surface area contributed by atoms with Crippen molar-refractivity contribution in [3.8, 4) is 11.1 Å². The van der Waals surface area contributed by atoms with Crippen LogP contribution < -0.4 is 5.73 Å². The summed E-state index contributed by atoms with van der Waals surface area (Å²) < 4.78 is 0. The van der Waals surface area contributed by atoms with E-state index in [9.17, 15) is 0 Å². The van der Waals surface area contributed by atoms with E-state index in [0.29, 0.717) is 11.7 Å². The Labute approximate surface area is 111 Å². The molecule has 3 rings (SSSR count). The predicted octanol–water partition coefficient (Wildman–Crippen LogP) is 3.27. The normalized spacial score (nSPS) is 16.9. The molecule has 0 amide bonds. The summed E-state index contributed by atoms with van der Waals surface area (Å²) in [5.41, 5.74) is 9.48. The summed E-state index contributed by atoms with van der Waals surface area (Å²) in [6.45, 7) is 0. The Morgan fingerprint density at radius 2 is 2.11 bits per heavy atom. The maximum absolute atomic E-state index is 5.88. The first-order valence-corrected chi connectivity index (χ1v) is 7.47. The van der Waals surface area contributed by atoms with Gasteiger partial charge in [0.25, 0.3) is 0 Å². The number of rotatable bonds is 2. The van der Waals surface area contributed by atoms with Crippen LogP contribution in [-0.2, 0) is 0 Å². The molecule has 1 saturated heterocycles. The van der Waals surface area contributed by atoms with Gasteiger partial charge in [-0.15, -0.1) is 0 Å². The summed E-state index contributed by atoms with van der Waals surface area (Å²) in [5.74, 6) is 3.91. The van der Waals surface area contributed by atoms with Crippen LogP contribution in [0.3, 0.4) is 0 Å². The highest BCUT2D eigenvalue weighted by molar-refractivity contribution is 7.99. The number of nitrogens with two attached hydrogens (primary N) is 1. The van der Waals surface area contributed by atoms with Gasteiger partial charge in [-0.2, -0.15) is 16.9 Å². The van der Waals surface area contributed by atoms with Gasteiger partial charge in [-0.1, -0.05) is 24.3 Å². The largest absolute Gasteiger partial charge is 0.384 e. The van der Waals surface area contributed by atoms with E-state index in [1.165, 1.54) is 29.9 Å². The Kier molecular flexibility index (Phi) is 3.28. The van der Waals surface area contributed by atoms with Gasteiger partial charge in [0.2, 0.25) is 0 Å². The van der Waals surface area contributed by atoms with E-state index in [0.717, 1.165) is 11.1 Å². The van der Waals surface area contributed by atoms with Crippen molar-refractivity contribution in [2.75, 3.05) is 17.2 Å². The highest BCUT2D eigenvalue weighted by atomic mass is 32.2. The first-order chi connectivity index (χ1) is 8.84. The number of hydrogen-bond donors (Lipinski definition) is 2. The van der Waals surface area contributed by atoms with Crippen LogP contribution in [-0.4, -0.2) is 21.7 Å². The van der Waals surface area contributed by atoms with Crippen LogP contribution in [0, 0.1) is 0 Å². The van der Waals surface area contributed by atoms with E-state index in [1.807, 2.05) is 0 Å². The minimum absolute atomic E-state index is 0.645. The van der Waals surface area contributed by atoms with Gasteiger partial charge in [-0.3, -0.25) is 5.10 Å². The van der Waals surface area contributed by atoms with Crippen molar-refractivity contribution >= 4 is 17.6 Å². The molecule has 0 unspecified atom stereocenters. The van der Waals surface area contributed by atoms with Crippen molar-refractivity contribution in [1.29, 1.82) is 0 Å². The van der Waals surface area contributed by atoms with E-state index >= 15 is 0 Å². The van der Waals surface area contributed by atoms with Crippen molar-refractivity contribution in [2.24, 2.45) is 0 Å². The van der Waals surface area contributed by atoms with Gasteiger partial charge in [-0.05, 0) is 41.4 Å². The van der Waals surface area contributed by atoms with Crippen LogP contribution >= 0.6 is 11.8 Å². The molecule has 0 spiro atoms. The van der Waals surface area contributed by atoms with Crippen LogP contribution in [0.2, 0.25) is 0 Å². The summed E-state index contributed by atoms with van der Waals surface area (Å²) >= 11 is 2.06. The maximum Gasteiger partial charge on any atom is 0.126 e. The number of nitrogen functional groups attached to an aromatic ring is 1. The molecule has 4 heteroatoms. The number of nitrogens with zero attached hydrogens (tertiary/aromatic N) is 1. The van der Waals surface area contributed by atoms with Crippen molar-refractivity contribution < 1.29 is 0 Å². The Morgan fingerprint density at radius 1 is 1.28 bits per heavy atom. The summed E-state index contributed by atoms with van der Waals surface area (Å²) in [5, 5.41) is 6.78. The monoisotopic (exact) mass is 259 g/mol. The smallest absolute Gasteiger partial charge is 0.126 e. The lowest BCUT2D eigenvalue weighted by molar-refractivity contribution is 0.637. The highest BCUT2D eigenvalue weighted by Gasteiger charge is 2.16. The molecule has 3 nitrogen and oxygen atoms in total. The third-order valence-corrected chi connectivity index (χ3v) is 4.61. The Bertz CT molecular complexity index is 529. The lowest BCUT2D eigenvalue weighted by Crippen LogP contribution is -2.07. The number of anilines is 1. The van der Waals surface area contributed by atoms with Crippen molar-refractivity contribution in [3.05, 3.63) is 36.0 Å². The second-order valence-electron chi connectivity index (χ2n) is 4.71. The number of hydrogen-bond acceptors (Lipinski definition) is 3. The Morgan fingerprint density at radius 3 is 2.83 bits per heavy atom. The zero-order chi connectivity index (χ0) is 12.4. The van der Waals surface area contributed by atoms with E-state index < -0.39 is 0 Å². The van der Waals surface area contributed by atoms with Gasteiger partial charge in [0.15, 0.2) is 0 Å². The molecule has 0 atom stereocenters. The van der Waals surface area contributed by atoms with Gasteiger partial charge >= 0.3 is 0 Å². The third kappa shape index (κ3) is 2.25. The van der Waals surface area contributed by atoms with Gasteiger partial charge in [-0.25, -0.2) is 0 Å². The highest BCUT2D eigenvalue weighted by Crippen LogP contribution is 2.34. The van der Waals surface area contributed by atoms with E-state index in [2.05, 4.69) is 46.2 Å². The number of aromatic nitrogens is 2. The predicted molar refractivity (Wildman–Crippen MR) is 77.7 cm³/mol. The SMILES string of the molecule is Nc1[nH]ncc1-c1cccc(C2CCSCC2)c1. The standard InChI is InChI=1S/C14H17N3S/c15-14-13(9-16-17-14)12-3-1-2-11(8-12)10-4-6-18-7-5-10/h1-3,8-10H,4-7H2,(H3,15,16,17). The second kappa shape index (κ2) is 5.06. The van der Waals surface area contributed by atoms with Crippen LogP contribution in [0.1, 0.15) is 24.3 Å². The average molecular weight is 259 g/mol. The average Bonchev–Trinajstić information content (AvgIpc) is 2.86. The van der Waals surface area contributed by atoms with Crippen LogP contribution in [0.5, 0.6) is 0 Å². The number of aromatic amines is 1. The van der Waals surface area contributed by atoms with Gasteiger partial charge in [0, 0.05) is 5.56 Å². The second-order valence-corrected chi connectivity index (χ2v) is 5.93. The molecule has 0 saturated carbocycles. The molecule has 2 aromatic rings. The summed E-state index contributed by atoms with van der Waals surface area (Å²) in [6, 6.07) is 8.73. The van der Waals surface area contributed by atoms with Gasteiger partial charge in [0.05, 0.1) is 6.20 Å². The topological polar surface area (TPSA) is 54.7 Å².